The monoisotopic (exact) mass is 1110 g/mol. The Morgan fingerprint density at radius 1 is 0.253 bits per heavy atom. The first-order chi connectivity index (χ1) is 39.0. The lowest BCUT2D eigenvalue weighted by Crippen LogP contribution is -2.30. The molecule has 462 valence electrons. The lowest BCUT2D eigenvalue weighted by atomic mass is 10.0. The maximum Gasteiger partial charge on any atom is 0.306 e. The van der Waals surface area contributed by atoms with Crippen LogP contribution < -0.4 is 0 Å². The van der Waals surface area contributed by atoms with Crippen LogP contribution in [0.3, 0.4) is 0 Å². The summed E-state index contributed by atoms with van der Waals surface area (Å²) in [5.41, 5.74) is 0. The predicted octanol–water partition coefficient (Wildman–Crippen LogP) is 24.1. The van der Waals surface area contributed by atoms with Crippen LogP contribution in [0.1, 0.15) is 380 Å². The summed E-state index contributed by atoms with van der Waals surface area (Å²) in [6.07, 6.45) is 85.6. The van der Waals surface area contributed by atoms with Crippen LogP contribution in [0.5, 0.6) is 0 Å². The first-order valence-corrected chi connectivity index (χ1v) is 35.1. The largest absolute Gasteiger partial charge is 0.462 e. The van der Waals surface area contributed by atoms with Gasteiger partial charge in [0.05, 0.1) is 0 Å². The van der Waals surface area contributed by atoms with Gasteiger partial charge in [0.2, 0.25) is 0 Å². The topological polar surface area (TPSA) is 78.9 Å². The number of esters is 3. The summed E-state index contributed by atoms with van der Waals surface area (Å²) in [4.78, 5) is 38.4. The summed E-state index contributed by atoms with van der Waals surface area (Å²) in [6, 6.07) is 0. The van der Waals surface area contributed by atoms with Crippen LogP contribution in [0.15, 0.2) is 48.6 Å². The number of hydrogen-bond donors (Lipinski definition) is 0. The van der Waals surface area contributed by atoms with Crippen molar-refractivity contribution in [2.45, 2.75) is 386 Å². The second-order valence-electron chi connectivity index (χ2n) is 23.8. The fraction of sp³-hybridized carbons (Fsp3) is 0.849. The molecule has 0 N–H and O–H groups in total. The smallest absolute Gasteiger partial charge is 0.306 e. The second kappa shape index (κ2) is 67.9. The van der Waals surface area contributed by atoms with Gasteiger partial charge in [-0.05, 0) is 103 Å². The van der Waals surface area contributed by atoms with Gasteiger partial charge in [0.15, 0.2) is 6.10 Å². The quantitative estimate of drug-likeness (QED) is 0.0261. The van der Waals surface area contributed by atoms with Gasteiger partial charge in [-0.25, -0.2) is 0 Å². The molecule has 0 saturated heterocycles. The van der Waals surface area contributed by atoms with E-state index in [9.17, 15) is 14.4 Å². The molecule has 0 fully saturated rings. The third kappa shape index (κ3) is 66.1. The Labute approximate surface area is 492 Å². The van der Waals surface area contributed by atoms with E-state index in [1.165, 1.54) is 270 Å². The molecule has 0 aliphatic carbocycles. The van der Waals surface area contributed by atoms with Crippen LogP contribution in [0.4, 0.5) is 0 Å². The van der Waals surface area contributed by atoms with Gasteiger partial charge in [-0.15, -0.1) is 0 Å². The molecular weight excluding hydrogens is 973 g/mol. The summed E-state index contributed by atoms with van der Waals surface area (Å²) in [5.74, 6) is -0.863. The number of unbranched alkanes of at least 4 members (excludes halogenated alkanes) is 46. The third-order valence-corrected chi connectivity index (χ3v) is 15.8. The second-order valence-corrected chi connectivity index (χ2v) is 23.8. The Morgan fingerprint density at radius 3 is 0.734 bits per heavy atom. The maximum absolute atomic E-state index is 12.9. The van der Waals surface area contributed by atoms with Gasteiger partial charge >= 0.3 is 17.9 Å². The molecule has 0 amide bonds. The highest BCUT2D eigenvalue weighted by molar-refractivity contribution is 5.71. The van der Waals surface area contributed by atoms with Crippen molar-refractivity contribution >= 4 is 17.9 Å². The Balaban J connectivity index is 4.26. The maximum atomic E-state index is 12.9. The van der Waals surface area contributed by atoms with Crippen molar-refractivity contribution in [1.29, 1.82) is 0 Å². The van der Waals surface area contributed by atoms with Crippen LogP contribution in [-0.4, -0.2) is 37.2 Å². The zero-order chi connectivity index (χ0) is 57.1. The van der Waals surface area contributed by atoms with Crippen molar-refractivity contribution in [2.75, 3.05) is 13.2 Å². The lowest BCUT2D eigenvalue weighted by molar-refractivity contribution is -0.167. The van der Waals surface area contributed by atoms with Crippen LogP contribution >= 0.6 is 0 Å². The number of ether oxygens (including phenoxy) is 3. The molecule has 79 heavy (non-hydrogen) atoms. The van der Waals surface area contributed by atoms with Gasteiger partial charge in [0, 0.05) is 19.3 Å². The number of hydrogen-bond acceptors (Lipinski definition) is 6. The standard InChI is InChI=1S/C73H134O6/c1-4-7-10-13-16-19-22-25-28-30-32-33-34-35-36-37-38-39-41-42-45-48-51-54-57-60-63-66-72(75)78-69-70(68-77-71(74)65-62-59-56-53-50-47-44-27-24-21-18-15-12-9-6-3)79-73(76)67-64-61-58-55-52-49-46-43-40-31-29-26-23-20-17-14-11-8-5-2/h17,20,26-27,29-30,32,44,70H,4-16,18-19,21-25,28,31,33-43,45-69H2,1-3H3/b20-17-,29-26-,32-30-,44-27-. The first kappa shape index (κ1) is 76.4. The summed E-state index contributed by atoms with van der Waals surface area (Å²) in [6.45, 7) is 6.66. The fourth-order valence-electron chi connectivity index (χ4n) is 10.5. The van der Waals surface area contributed by atoms with Crippen molar-refractivity contribution in [3.05, 3.63) is 48.6 Å². The lowest BCUT2D eigenvalue weighted by Gasteiger charge is -2.18. The molecule has 0 bridgehead atoms. The van der Waals surface area contributed by atoms with Crippen molar-refractivity contribution in [1.82, 2.24) is 0 Å². The first-order valence-electron chi connectivity index (χ1n) is 35.1. The molecule has 0 radical (unpaired) electrons. The fourth-order valence-corrected chi connectivity index (χ4v) is 10.5. The summed E-state index contributed by atoms with van der Waals surface area (Å²) < 4.78 is 17.0. The predicted molar refractivity (Wildman–Crippen MR) is 344 cm³/mol. The molecule has 0 aromatic rings. The van der Waals surface area contributed by atoms with Crippen LogP contribution in [-0.2, 0) is 28.6 Å². The summed E-state index contributed by atoms with van der Waals surface area (Å²) in [5, 5.41) is 0. The highest BCUT2D eigenvalue weighted by Crippen LogP contribution is 2.18. The van der Waals surface area contributed by atoms with Gasteiger partial charge in [-0.1, -0.05) is 307 Å². The van der Waals surface area contributed by atoms with E-state index in [-0.39, 0.29) is 31.1 Å². The van der Waals surface area contributed by atoms with Crippen molar-refractivity contribution in [2.24, 2.45) is 0 Å². The molecule has 1 atom stereocenters. The molecule has 6 nitrogen and oxygen atoms in total. The molecule has 0 spiro atoms. The SMILES string of the molecule is CCCCC/C=C\C/C=C\CCCCCCCCCCCC(=O)OC(COC(=O)CCCCCCC/C=C\CCCCCCCC)COC(=O)CCCCCCCCCCCCCCCCC/C=C\CCCCCCCCCC. The van der Waals surface area contributed by atoms with Gasteiger partial charge < -0.3 is 14.2 Å². The molecule has 0 saturated carbocycles. The van der Waals surface area contributed by atoms with Gasteiger partial charge in [0.1, 0.15) is 13.2 Å². The van der Waals surface area contributed by atoms with E-state index >= 15 is 0 Å². The number of carbonyl (C=O) groups excluding carboxylic acids is 3. The average molecular weight is 1110 g/mol. The molecule has 0 aliphatic rings. The molecule has 0 rings (SSSR count). The Bertz CT molecular complexity index is 1360. The third-order valence-electron chi connectivity index (χ3n) is 15.8. The molecule has 0 heterocycles. The van der Waals surface area contributed by atoms with E-state index in [1.54, 1.807) is 0 Å². The van der Waals surface area contributed by atoms with Crippen molar-refractivity contribution in [3.8, 4) is 0 Å². The highest BCUT2D eigenvalue weighted by atomic mass is 16.6. The van der Waals surface area contributed by atoms with E-state index in [0.717, 1.165) is 70.6 Å². The number of rotatable bonds is 65. The Hall–Kier alpha value is -2.63. The molecular formula is C73H134O6. The molecule has 0 aromatic heterocycles. The number of allylic oxidation sites excluding steroid dienone is 8. The van der Waals surface area contributed by atoms with E-state index in [1.807, 2.05) is 0 Å². The van der Waals surface area contributed by atoms with Gasteiger partial charge in [-0.3, -0.25) is 14.4 Å². The van der Waals surface area contributed by atoms with Crippen LogP contribution in [0.25, 0.3) is 0 Å². The van der Waals surface area contributed by atoms with Crippen molar-refractivity contribution in [3.63, 3.8) is 0 Å². The van der Waals surface area contributed by atoms with E-state index in [0.29, 0.717) is 19.3 Å². The average Bonchev–Trinajstić information content (AvgIpc) is 3.45. The minimum Gasteiger partial charge on any atom is -0.462 e. The Morgan fingerprint density at radius 2 is 0.456 bits per heavy atom. The normalized spacial score (nSPS) is 12.3. The number of carbonyl (C=O) groups is 3. The van der Waals surface area contributed by atoms with Crippen LogP contribution in [0, 0.1) is 0 Å². The van der Waals surface area contributed by atoms with E-state index in [2.05, 4.69) is 69.4 Å². The molecule has 6 heteroatoms. The van der Waals surface area contributed by atoms with E-state index in [4.69, 9.17) is 14.2 Å². The zero-order valence-electron chi connectivity index (χ0n) is 53.2. The van der Waals surface area contributed by atoms with Gasteiger partial charge in [0.25, 0.3) is 0 Å². The summed E-state index contributed by atoms with van der Waals surface area (Å²) >= 11 is 0. The molecule has 1 unspecified atom stereocenters. The van der Waals surface area contributed by atoms with Crippen molar-refractivity contribution < 1.29 is 28.6 Å². The van der Waals surface area contributed by atoms with Gasteiger partial charge in [-0.2, -0.15) is 0 Å². The van der Waals surface area contributed by atoms with Crippen LogP contribution in [0.2, 0.25) is 0 Å². The molecule has 0 aromatic carbocycles. The zero-order valence-corrected chi connectivity index (χ0v) is 53.2. The molecule has 0 aliphatic heterocycles. The minimum atomic E-state index is -0.779. The minimum absolute atomic E-state index is 0.0740. The summed E-state index contributed by atoms with van der Waals surface area (Å²) in [7, 11) is 0. The van der Waals surface area contributed by atoms with E-state index < -0.39 is 6.10 Å². The highest BCUT2D eigenvalue weighted by Gasteiger charge is 2.19. The Kier molecular flexibility index (Phi) is 65.6.